The Morgan fingerprint density at radius 2 is 1.89 bits per heavy atom. The highest BCUT2D eigenvalue weighted by molar-refractivity contribution is 5.99. The number of aromatic nitrogens is 3. The molecule has 2 aromatic heterocycles. The number of halogens is 1. The van der Waals surface area contributed by atoms with Crippen LogP contribution in [0.5, 0.6) is 0 Å². The number of nitrogens with two attached hydrogens (primary N) is 1. The van der Waals surface area contributed by atoms with Crippen molar-refractivity contribution in [3.63, 3.8) is 0 Å². The van der Waals surface area contributed by atoms with Gasteiger partial charge in [0.1, 0.15) is 11.5 Å². The van der Waals surface area contributed by atoms with Crippen LogP contribution in [0, 0.1) is 12.7 Å². The van der Waals surface area contributed by atoms with Gasteiger partial charge in [0.15, 0.2) is 5.65 Å². The number of amides is 1. The molecule has 0 aliphatic heterocycles. The molecule has 8 heteroatoms. The van der Waals surface area contributed by atoms with E-state index in [0.717, 1.165) is 40.8 Å². The second-order valence-corrected chi connectivity index (χ2v) is 9.92. The van der Waals surface area contributed by atoms with E-state index < -0.39 is 5.54 Å². The number of carbonyl (C=O) groups is 1. The molecule has 0 bridgehead atoms. The van der Waals surface area contributed by atoms with Crippen LogP contribution in [0.25, 0.3) is 28.0 Å². The lowest BCUT2D eigenvalue weighted by Gasteiger charge is -2.23. The molecule has 1 fully saturated rings. The Labute approximate surface area is 203 Å². The van der Waals surface area contributed by atoms with E-state index in [1.165, 1.54) is 12.1 Å². The van der Waals surface area contributed by atoms with Crippen LogP contribution in [0.1, 0.15) is 42.6 Å². The molecule has 0 atom stereocenters. The molecule has 0 spiro atoms. The Balaban J connectivity index is 1.69. The van der Waals surface area contributed by atoms with Crippen molar-refractivity contribution in [3.05, 3.63) is 71.8 Å². The Bertz CT molecular complexity index is 1400. The third kappa shape index (κ3) is 4.88. The van der Waals surface area contributed by atoms with Gasteiger partial charge in [-0.3, -0.25) is 4.79 Å². The lowest BCUT2D eigenvalue weighted by Crippen LogP contribution is -2.39. The molecule has 0 saturated heterocycles. The van der Waals surface area contributed by atoms with E-state index in [2.05, 4.69) is 15.6 Å². The summed E-state index contributed by atoms with van der Waals surface area (Å²) in [7, 11) is 0. The van der Waals surface area contributed by atoms with Crippen molar-refractivity contribution in [3.8, 4) is 22.4 Å². The number of carbonyl (C=O) groups excluding carboxylic acids is 1. The van der Waals surface area contributed by atoms with Gasteiger partial charge in [-0.05, 0) is 75.1 Å². The van der Waals surface area contributed by atoms with Crippen molar-refractivity contribution in [1.29, 1.82) is 0 Å². The maximum atomic E-state index is 13.7. The Morgan fingerprint density at radius 1 is 1.17 bits per heavy atom. The van der Waals surface area contributed by atoms with Crippen molar-refractivity contribution >= 4 is 17.2 Å². The molecule has 5 rings (SSSR count). The quantitative estimate of drug-likeness (QED) is 0.367. The summed E-state index contributed by atoms with van der Waals surface area (Å²) in [6.07, 6.45) is 5.54. The summed E-state index contributed by atoms with van der Waals surface area (Å²) in [4.78, 5) is 17.2. The lowest BCUT2D eigenvalue weighted by atomic mass is 9.94. The smallest absolute Gasteiger partial charge is 0.251 e. The third-order valence-electron chi connectivity index (χ3n) is 6.05. The SMILES string of the molecule is Cc1cc(-c2c(-c3ccc(F)cc3)nn3ccnc3c2NCC(C)(C)N)ccc1C(=O)NC1CC1. The molecule has 4 N–H and O–H groups in total. The summed E-state index contributed by atoms with van der Waals surface area (Å²) in [5.41, 5.74) is 11.9. The summed E-state index contributed by atoms with van der Waals surface area (Å²) < 4.78 is 15.4. The summed E-state index contributed by atoms with van der Waals surface area (Å²) in [6, 6.07) is 12.3. The Morgan fingerprint density at radius 3 is 2.54 bits per heavy atom. The summed E-state index contributed by atoms with van der Waals surface area (Å²) in [6.45, 7) is 6.32. The molecular formula is C27H29FN6O. The predicted molar refractivity (Wildman–Crippen MR) is 136 cm³/mol. The van der Waals surface area contributed by atoms with Gasteiger partial charge in [0.05, 0.1) is 5.69 Å². The van der Waals surface area contributed by atoms with Gasteiger partial charge in [0.25, 0.3) is 5.91 Å². The third-order valence-corrected chi connectivity index (χ3v) is 6.05. The van der Waals surface area contributed by atoms with E-state index in [9.17, 15) is 9.18 Å². The van der Waals surface area contributed by atoms with Crippen molar-refractivity contribution in [2.24, 2.45) is 5.73 Å². The number of hydrogen-bond donors (Lipinski definition) is 3. The van der Waals surface area contributed by atoms with Crippen LogP contribution < -0.4 is 16.4 Å². The lowest BCUT2D eigenvalue weighted by molar-refractivity contribution is 0.0950. The number of nitrogens with one attached hydrogen (secondary N) is 2. The molecular weight excluding hydrogens is 443 g/mol. The standard InChI is InChI=1S/C27H29FN6O/c1-16-14-18(6-11-21(16)26(35)32-20-9-10-20)22-23(17-4-7-19(28)8-5-17)33-34-13-12-30-25(34)24(22)31-15-27(2,3)29/h4-8,11-14,20,31H,9-10,15,29H2,1-3H3,(H,32,35). The van der Waals surface area contributed by atoms with Crippen LogP contribution in [0.15, 0.2) is 54.9 Å². The Hall–Kier alpha value is -3.78. The van der Waals surface area contributed by atoms with Crippen molar-refractivity contribution in [2.75, 3.05) is 11.9 Å². The first-order valence-electron chi connectivity index (χ1n) is 11.8. The highest BCUT2D eigenvalue weighted by atomic mass is 19.1. The summed E-state index contributed by atoms with van der Waals surface area (Å²) in [5.74, 6) is -0.371. The molecule has 0 unspecified atom stereocenters. The molecule has 7 nitrogen and oxygen atoms in total. The first kappa shape index (κ1) is 23.0. The molecule has 4 aromatic rings. The van der Waals surface area contributed by atoms with Gasteiger partial charge in [-0.15, -0.1) is 0 Å². The van der Waals surface area contributed by atoms with E-state index >= 15 is 0 Å². The fourth-order valence-electron chi connectivity index (χ4n) is 4.08. The van der Waals surface area contributed by atoms with Crippen molar-refractivity contribution in [1.82, 2.24) is 19.9 Å². The monoisotopic (exact) mass is 472 g/mol. The van der Waals surface area contributed by atoms with Crippen molar-refractivity contribution in [2.45, 2.75) is 45.2 Å². The van der Waals surface area contributed by atoms with Crippen LogP contribution >= 0.6 is 0 Å². The summed E-state index contributed by atoms with van der Waals surface area (Å²) in [5, 5.41) is 11.4. The molecule has 35 heavy (non-hydrogen) atoms. The molecule has 0 radical (unpaired) electrons. The van der Waals surface area contributed by atoms with Gasteiger partial charge in [-0.2, -0.15) is 5.10 Å². The second-order valence-electron chi connectivity index (χ2n) is 9.92. The number of nitrogens with zero attached hydrogens (tertiary/aromatic N) is 3. The molecule has 180 valence electrons. The van der Waals surface area contributed by atoms with Gasteiger partial charge in [-0.1, -0.05) is 12.1 Å². The minimum atomic E-state index is -0.471. The fraction of sp³-hybridized carbons (Fsp3) is 0.296. The average Bonchev–Trinajstić information content (AvgIpc) is 3.49. The molecule has 1 aliphatic carbocycles. The number of rotatable bonds is 7. The highest BCUT2D eigenvalue weighted by Crippen LogP contribution is 2.39. The van der Waals surface area contributed by atoms with E-state index in [4.69, 9.17) is 10.8 Å². The van der Waals surface area contributed by atoms with Crippen LogP contribution in [-0.4, -0.2) is 38.6 Å². The second kappa shape index (κ2) is 8.78. The van der Waals surface area contributed by atoms with E-state index in [1.54, 1.807) is 29.0 Å². The van der Waals surface area contributed by atoms with Crippen molar-refractivity contribution < 1.29 is 9.18 Å². The van der Waals surface area contributed by atoms with Gasteiger partial charge in [0, 0.05) is 47.2 Å². The zero-order chi connectivity index (χ0) is 24.7. The number of fused-ring (bicyclic) bond motifs is 1. The zero-order valence-electron chi connectivity index (χ0n) is 20.1. The number of hydrogen-bond acceptors (Lipinski definition) is 5. The number of benzene rings is 2. The molecule has 1 amide bonds. The van der Waals surface area contributed by atoms with Gasteiger partial charge in [-0.25, -0.2) is 13.9 Å². The number of imidazole rings is 1. The molecule has 2 heterocycles. The maximum Gasteiger partial charge on any atom is 0.251 e. The van der Waals surface area contributed by atoms with Crippen LogP contribution in [0.3, 0.4) is 0 Å². The Kier molecular flexibility index (Phi) is 5.76. The van der Waals surface area contributed by atoms with Gasteiger partial charge >= 0.3 is 0 Å². The minimum Gasteiger partial charge on any atom is -0.380 e. The molecule has 1 aliphatic rings. The minimum absolute atomic E-state index is 0.0552. The largest absolute Gasteiger partial charge is 0.380 e. The number of anilines is 1. The van der Waals surface area contributed by atoms with Crippen LogP contribution in [0.2, 0.25) is 0 Å². The van der Waals surface area contributed by atoms with E-state index in [0.29, 0.717) is 23.4 Å². The van der Waals surface area contributed by atoms with E-state index in [-0.39, 0.29) is 17.8 Å². The normalized spacial score (nSPS) is 13.7. The van der Waals surface area contributed by atoms with Crippen LogP contribution in [-0.2, 0) is 0 Å². The first-order valence-corrected chi connectivity index (χ1v) is 11.8. The number of aryl methyl sites for hydroxylation is 1. The van der Waals surface area contributed by atoms with Gasteiger partial charge in [0.2, 0.25) is 0 Å². The zero-order valence-corrected chi connectivity index (χ0v) is 20.1. The first-order chi connectivity index (χ1) is 16.7. The van der Waals surface area contributed by atoms with Gasteiger partial charge < -0.3 is 16.4 Å². The molecule has 2 aromatic carbocycles. The fourth-order valence-corrected chi connectivity index (χ4v) is 4.08. The average molecular weight is 473 g/mol. The maximum absolute atomic E-state index is 13.7. The topological polar surface area (TPSA) is 97.3 Å². The van der Waals surface area contributed by atoms with Crippen LogP contribution in [0.4, 0.5) is 10.1 Å². The molecule has 1 saturated carbocycles. The predicted octanol–water partition coefficient (Wildman–Crippen LogP) is 4.55. The summed E-state index contributed by atoms with van der Waals surface area (Å²) >= 11 is 0. The highest BCUT2D eigenvalue weighted by Gasteiger charge is 2.25. The van der Waals surface area contributed by atoms with E-state index in [1.807, 2.05) is 39.0 Å².